The second-order valence-corrected chi connectivity index (χ2v) is 8.37. The van der Waals surface area contributed by atoms with Gasteiger partial charge in [0.25, 0.3) is 0 Å². The van der Waals surface area contributed by atoms with Gasteiger partial charge in [-0.05, 0) is 30.2 Å². The predicted octanol–water partition coefficient (Wildman–Crippen LogP) is 3.03. The smallest absolute Gasteiger partial charge is 0.218 e. The van der Waals surface area contributed by atoms with Crippen molar-refractivity contribution >= 4 is 10.0 Å². The van der Waals surface area contributed by atoms with Crippen LogP contribution in [0.3, 0.4) is 0 Å². The van der Waals surface area contributed by atoms with E-state index in [1.54, 1.807) is 16.4 Å². The van der Waals surface area contributed by atoms with Crippen molar-refractivity contribution in [3.05, 3.63) is 71.5 Å². The predicted molar refractivity (Wildman–Crippen MR) is 97.0 cm³/mol. The molecule has 0 spiro atoms. The Kier molecular flexibility index (Phi) is 5.51. The molecule has 0 bridgehead atoms. The van der Waals surface area contributed by atoms with Gasteiger partial charge in [-0.15, -0.1) is 0 Å². The monoisotopic (exact) mass is 362 g/mol. The van der Waals surface area contributed by atoms with Crippen molar-refractivity contribution in [3.63, 3.8) is 0 Å². The molecule has 0 unspecified atom stereocenters. The van der Waals surface area contributed by atoms with Crippen LogP contribution in [0.1, 0.15) is 24.1 Å². The molecular formula is C19H23FN2O2S. The Bertz CT molecular complexity index is 786. The van der Waals surface area contributed by atoms with Crippen LogP contribution in [0.15, 0.2) is 54.6 Å². The molecule has 0 aliphatic carbocycles. The van der Waals surface area contributed by atoms with Gasteiger partial charge in [0.2, 0.25) is 10.0 Å². The van der Waals surface area contributed by atoms with E-state index in [-0.39, 0.29) is 17.6 Å². The van der Waals surface area contributed by atoms with Crippen molar-refractivity contribution in [2.75, 3.05) is 26.2 Å². The largest absolute Gasteiger partial charge is 0.294 e. The molecule has 1 aliphatic rings. The maximum Gasteiger partial charge on any atom is 0.218 e. The first-order valence-corrected chi connectivity index (χ1v) is 10.1. The quantitative estimate of drug-likeness (QED) is 0.821. The van der Waals surface area contributed by atoms with Crippen LogP contribution in [0.5, 0.6) is 0 Å². The average Bonchev–Trinajstić information content (AvgIpc) is 2.62. The molecule has 2 aromatic carbocycles. The molecule has 0 N–H and O–H groups in total. The summed E-state index contributed by atoms with van der Waals surface area (Å²) in [7, 11) is -3.30. The number of hydrogen-bond donors (Lipinski definition) is 0. The van der Waals surface area contributed by atoms with Crippen molar-refractivity contribution < 1.29 is 12.8 Å². The zero-order valence-corrected chi connectivity index (χ0v) is 15.1. The van der Waals surface area contributed by atoms with E-state index >= 15 is 0 Å². The summed E-state index contributed by atoms with van der Waals surface area (Å²) in [4.78, 5) is 2.24. The summed E-state index contributed by atoms with van der Waals surface area (Å²) in [5, 5.41) is 0. The van der Waals surface area contributed by atoms with Gasteiger partial charge in [-0.25, -0.2) is 12.8 Å². The van der Waals surface area contributed by atoms with Crippen LogP contribution in [0.25, 0.3) is 0 Å². The minimum Gasteiger partial charge on any atom is -0.294 e. The third-order valence-corrected chi connectivity index (χ3v) is 6.61. The summed E-state index contributed by atoms with van der Waals surface area (Å²) < 4.78 is 39.9. The maximum atomic E-state index is 13.1. The van der Waals surface area contributed by atoms with Crippen LogP contribution >= 0.6 is 0 Å². The highest BCUT2D eigenvalue weighted by molar-refractivity contribution is 7.88. The summed E-state index contributed by atoms with van der Waals surface area (Å²) >= 11 is 0. The van der Waals surface area contributed by atoms with Gasteiger partial charge in [0.1, 0.15) is 5.82 Å². The average molecular weight is 362 g/mol. The number of nitrogens with zero attached hydrogens (tertiary/aromatic N) is 2. The molecule has 1 fully saturated rings. The van der Waals surface area contributed by atoms with Crippen molar-refractivity contribution in [1.29, 1.82) is 0 Å². The molecule has 6 heteroatoms. The minimum atomic E-state index is -3.30. The molecule has 25 heavy (non-hydrogen) atoms. The molecular weight excluding hydrogens is 339 g/mol. The molecule has 0 amide bonds. The lowest BCUT2D eigenvalue weighted by Gasteiger charge is -2.37. The van der Waals surface area contributed by atoms with Crippen molar-refractivity contribution in [2.45, 2.75) is 18.7 Å². The normalized spacial score (nSPS) is 18.2. The van der Waals surface area contributed by atoms with E-state index in [0.29, 0.717) is 26.2 Å². The van der Waals surface area contributed by atoms with Crippen LogP contribution in [0.2, 0.25) is 0 Å². The first-order chi connectivity index (χ1) is 12.0. The van der Waals surface area contributed by atoms with E-state index in [1.165, 1.54) is 12.1 Å². The van der Waals surface area contributed by atoms with E-state index in [9.17, 15) is 12.8 Å². The van der Waals surface area contributed by atoms with Gasteiger partial charge in [-0.3, -0.25) is 4.90 Å². The highest BCUT2D eigenvalue weighted by atomic mass is 32.2. The van der Waals surface area contributed by atoms with E-state index in [0.717, 1.165) is 11.1 Å². The highest BCUT2D eigenvalue weighted by Crippen LogP contribution is 2.23. The minimum absolute atomic E-state index is 0.0430. The van der Waals surface area contributed by atoms with Gasteiger partial charge in [0, 0.05) is 32.2 Å². The third kappa shape index (κ3) is 4.45. The van der Waals surface area contributed by atoms with Gasteiger partial charge in [-0.2, -0.15) is 4.31 Å². The lowest BCUT2D eigenvalue weighted by atomic mass is 10.1. The molecule has 1 heterocycles. The SMILES string of the molecule is C[C@@H](c1ccc(F)cc1)N1CCN(S(=O)(=O)Cc2ccccc2)CC1. The number of hydrogen-bond acceptors (Lipinski definition) is 3. The van der Waals surface area contributed by atoms with E-state index in [4.69, 9.17) is 0 Å². The van der Waals surface area contributed by atoms with Gasteiger partial charge in [-0.1, -0.05) is 42.5 Å². The molecule has 0 aromatic heterocycles. The lowest BCUT2D eigenvalue weighted by molar-refractivity contribution is 0.145. The number of sulfonamides is 1. The zero-order chi connectivity index (χ0) is 17.9. The Labute approximate surface area is 148 Å². The van der Waals surface area contributed by atoms with Gasteiger partial charge in [0.05, 0.1) is 5.75 Å². The Morgan fingerprint density at radius 3 is 2.16 bits per heavy atom. The third-order valence-electron chi connectivity index (χ3n) is 4.76. The van der Waals surface area contributed by atoms with Crippen LogP contribution in [0.4, 0.5) is 4.39 Å². The summed E-state index contributed by atoms with van der Waals surface area (Å²) in [5.74, 6) is -0.200. The summed E-state index contributed by atoms with van der Waals surface area (Å²) in [6, 6.07) is 15.9. The Balaban J connectivity index is 1.60. The molecule has 2 aromatic rings. The molecule has 4 nitrogen and oxygen atoms in total. The Morgan fingerprint density at radius 2 is 1.56 bits per heavy atom. The Morgan fingerprint density at radius 1 is 0.960 bits per heavy atom. The molecule has 3 rings (SSSR count). The fraction of sp³-hybridized carbons (Fsp3) is 0.368. The second kappa shape index (κ2) is 7.64. The molecule has 134 valence electrons. The number of halogens is 1. The van der Waals surface area contributed by atoms with Gasteiger partial charge < -0.3 is 0 Å². The van der Waals surface area contributed by atoms with Crippen LogP contribution in [0, 0.1) is 5.82 Å². The number of benzene rings is 2. The van der Waals surface area contributed by atoms with E-state index in [2.05, 4.69) is 11.8 Å². The maximum absolute atomic E-state index is 13.1. The fourth-order valence-corrected chi connectivity index (χ4v) is 4.71. The first kappa shape index (κ1) is 18.0. The molecule has 1 aliphatic heterocycles. The van der Waals surface area contributed by atoms with Crippen LogP contribution in [-0.2, 0) is 15.8 Å². The lowest BCUT2D eigenvalue weighted by Crippen LogP contribution is -2.49. The van der Waals surface area contributed by atoms with E-state index < -0.39 is 10.0 Å². The fourth-order valence-electron chi connectivity index (χ4n) is 3.20. The first-order valence-electron chi connectivity index (χ1n) is 8.47. The number of piperazine rings is 1. The van der Waals surface area contributed by atoms with Crippen molar-refractivity contribution in [1.82, 2.24) is 9.21 Å². The second-order valence-electron chi connectivity index (χ2n) is 6.40. The summed E-state index contributed by atoms with van der Waals surface area (Å²) in [5.41, 5.74) is 1.85. The van der Waals surface area contributed by atoms with Crippen molar-refractivity contribution in [3.8, 4) is 0 Å². The molecule has 0 radical (unpaired) electrons. The topological polar surface area (TPSA) is 40.6 Å². The zero-order valence-electron chi connectivity index (χ0n) is 14.3. The van der Waals surface area contributed by atoms with Crippen LogP contribution in [-0.4, -0.2) is 43.8 Å². The van der Waals surface area contributed by atoms with E-state index in [1.807, 2.05) is 30.3 Å². The Hall–Kier alpha value is -1.76. The van der Waals surface area contributed by atoms with Gasteiger partial charge in [0.15, 0.2) is 0 Å². The number of rotatable bonds is 5. The van der Waals surface area contributed by atoms with Crippen molar-refractivity contribution in [2.24, 2.45) is 0 Å². The molecule has 0 saturated carbocycles. The summed E-state index contributed by atoms with van der Waals surface area (Å²) in [6.45, 7) is 4.39. The van der Waals surface area contributed by atoms with Crippen LogP contribution < -0.4 is 0 Å². The van der Waals surface area contributed by atoms with Gasteiger partial charge >= 0.3 is 0 Å². The molecule has 1 saturated heterocycles. The summed E-state index contributed by atoms with van der Waals surface area (Å²) in [6.07, 6.45) is 0. The standard InChI is InChI=1S/C19H23FN2O2S/c1-16(18-7-9-19(20)10-8-18)21-11-13-22(14-12-21)25(23,24)15-17-5-3-2-4-6-17/h2-10,16H,11-15H2,1H3/t16-/m0/s1. The highest BCUT2D eigenvalue weighted by Gasteiger charge is 2.29. The molecule has 1 atom stereocenters.